The molecule has 2 aromatic carbocycles. The Kier molecular flexibility index (Phi) is 4.97. The third-order valence-corrected chi connectivity index (χ3v) is 6.25. The minimum absolute atomic E-state index is 0.214. The second-order valence-electron chi connectivity index (χ2n) is 6.02. The Labute approximate surface area is 165 Å². The first-order valence-corrected chi connectivity index (χ1v) is 10.8. The molecule has 0 aliphatic rings. The second-order valence-corrected chi connectivity index (χ2v) is 8.57. The summed E-state index contributed by atoms with van der Waals surface area (Å²) in [4.78, 5) is 0.536. The van der Waals surface area contributed by atoms with Gasteiger partial charge >= 0.3 is 10.0 Å². The van der Waals surface area contributed by atoms with E-state index in [2.05, 4.69) is 4.40 Å². The number of sulfonamides is 1. The predicted octanol–water partition coefficient (Wildman–Crippen LogP) is 4.05. The molecule has 4 rings (SSSR count). The maximum Gasteiger partial charge on any atom is 0.316 e. The molecule has 1 N–H and O–H groups in total. The lowest BCUT2D eigenvalue weighted by Gasteiger charge is -2.05. The summed E-state index contributed by atoms with van der Waals surface area (Å²) in [7, 11) is -4.04. The average Bonchev–Trinajstić information content (AvgIpc) is 3.14. The standard InChI is InChI=1S/C20H16N2O4S2/c23-22-11-10-17(19(13-22)27-14-15-6-2-1-3-7-15)21-28(24,25)20-12-16-8-4-5-9-18(16)26-20/h1-13,23H,14H2/b21-17+. The highest BCUT2D eigenvalue weighted by atomic mass is 32.2. The van der Waals surface area contributed by atoms with E-state index in [1.807, 2.05) is 30.3 Å². The van der Waals surface area contributed by atoms with Crippen molar-refractivity contribution in [2.45, 2.75) is 15.7 Å². The summed E-state index contributed by atoms with van der Waals surface area (Å²) in [5, 5.41) is 10.5. The van der Waals surface area contributed by atoms with Crippen molar-refractivity contribution in [2.24, 2.45) is 4.40 Å². The van der Waals surface area contributed by atoms with Gasteiger partial charge in [-0.2, -0.15) is 12.8 Å². The summed E-state index contributed by atoms with van der Waals surface area (Å²) in [6, 6.07) is 19.7. The van der Waals surface area contributed by atoms with Gasteiger partial charge in [0.1, 0.15) is 5.58 Å². The fourth-order valence-corrected chi connectivity index (χ4v) is 4.64. The highest BCUT2D eigenvalue weighted by molar-refractivity contribution is 7.98. The summed E-state index contributed by atoms with van der Waals surface area (Å²) in [5.74, 6) is 0.609. The first-order chi connectivity index (χ1) is 13.5. The van der Waals surface area contributed by atoms with Crippen molar-refractivity contribution in [3.63, 3.8) is 0 Å². The molecule has 6 nitrogen and oxygen atoms in total. The summed E-state index contributed by atoms with van der Waals surface area (Å²) in [5.41, 5.74) is 1.56. The number of hydrogen-bond donors (Lipinski definition) is 1. The van der Waals surface area contributed by atoms with Crippen LogP contribution in [0.25, 0.3) is 11.0 Å². The lowest BCUT2D eigenvalue weighted by Crippen LogP contribution is -2.12. The number of fused-ring (bicyclic) bond motifs is 1. The van der Waals surface area contributed by atoms with E-state index in [4.69, 9.17) is 4.42 Å². The number of hydrogen-bond acceptors (Lipinski definition) is 5. The Morgan fingerprint density at radius 3 is 2.57 bits per heavy atom. The van der Waals surface area contributed by atoms with Crippen molar-refractivity contribution in [3.8, 4) is 0 Å². The van der Waals surface area contributed by atoms with Crippen LogP contribution < -0.4 is 5.36 Å². The van der Waals surface area contributed by atoms with Gasteiger partial charge in [0.2, 0.25) is 5.09 Å². The molecule has 0 bridgehead atoms. The van der Waals surface area contributed by atoms with Gasteiger partial charge in [0.25, 0.3) is 0 Å². The Hall–Kier alpha value is -2.97. The van der Waals surface area contributed by atoms with Crippen LogP contribution in [0, 0.1) is 0 Å². The van der Waals surface area contributed by atoms with E-state index in [0.29, 0.717) is 21.6 Å². The Morgan fingerprint density at radius 1 is 1.04 bits per heavy atom. The molecule has 2 aromatic heterocycles. The molecular weight excluding hydrogens is 396 g/mol. The third-order valence-electron chi connectivity index (χ3n) is 4.00. The topological polar surface area (TPSA) is 84.8 Å². The smallest absolute Gasteiger partial charge is 0.316 e. The molecule has 0 spiro atoms. The van der Waals surface area contributed by atoms with Gasteiger partial charge in [-0.25, -0.2) is 4.73 Å². The minimum Gasteiger partial charge on any atom is -0.443 e. The molecule has 0 aliphatic carbocycles. The van der Waals surface area contributed by atoms with Crippen molar-refractivity contribution in [1.29, 1.82) is 0 Å². The van der Waals surface area contributed by atoms with E-state index in [9.17, 15) is 13.6 Å². The van der Waals surface area contributed by atoms with Crippen molar-refractivity contribution < 1.29 is 18.0 Å². The molecule has 142 valence electrons. The highest BCUT2D eigenvalue weighted by Crippen LogP contribution is 2.24. The summed E-state index contributed by atoms with van der Waals surface area (Å²) < 4.78 is 35.8. The predicted molar refractivity (Wildman–Crippen MR) is 107 cm³/mol. The van der Waals surface area contributed by atoms with Gasteiger partial charge < -0.3 is 9.62 Å². The van der Waals surface area contributed by atoms with Crippen LogP contribution in [0.2, 0.25) is 0 Å². The van der Waals surface area contributed by atoms with Gasteiger partial charge in [0.15, 0.2) is 0 Å². The fraction of sp³-hybridized carbons (Fsp3) is 0.0500. The number of rotatable bonds is 5. The van der Waals surface area contributed by atoms with Crippen molar-refractivity contribution in [2.75, 3.05) is 0 Å². The summed E-state index contributed by atoms with van der Waals surface area (Å²) >= 11 is 1.39. The maximum absolute atomic E-state index is 12.7. The van der Waals surface area contributed by atoms with Crippen LogP contribution in [0.15, 0.2) is 97.9 Å². The van der Waals surface area contributed by atoms with Crippen LogP contribution in [0.4, 0.5) is 0 Å². The van der Waals surface area contributed by atoms with Gasteiger partial charge in [0.05, 0.1) is 16.4 Å². The van der Waals surface area contributed by atoms with Crippen molar-refractivity contribution >= 4 is 32.8 Å². The monoisotopic (exact) mass is 412 g/mol. The molecule has 2 heterocycles. The fourth-order valence-electron chi connectivity index (χ4n) is 2.64. The number of pyridine rings is 1. The normalized spacial score (nSPS) is 12.5. The zero-order chi connectivity index (χ0) is 19.6. The summed E-state index contributed by atoms with van der Waals surface area (Å²) in [6.07, 6.45) is 2.76. The molecule has 0 amide bonds. The van der Waals surface area contributed by atoms with Crippen LogP contribution >= 0.6 is 11.8 Å². The molecule has 0 radical (unpaired) electrons. The molecule has 28 heavy (non-hydrogen) atoms. The maximum atomic E-state index is 12.7. The van der Waals surface area contributed by atoms with Gasteiger partial charge in [-0.05, 0) is 17.7 Å². The average molecular weight is 412 g/mol. The van der Waals surface area contributed by atoms with Crippen LogP contribution in [0.3, 0.4) is 0 Å². The van der Waals surface area contributed by atoms with E-state index >= 15 is 0 Å². The third kappa shape index (κ3) is 3.97. The lowest BCUT2D eigenvalue weighted by molar-refractivity contribution is 0.181. The largest absolute Gasteiger partial charge is 0.443 e. The molecule has 0 fully saturated rings. The van der Waals surface area contributed by atoms with Crippen LogP contribution in [0.5, 0.6) is 0 Å². The second kappa shape index (κ2) is 7.57. The SMILES string of the molecule is O=S(=O)(/N=c1\ccn(O)cc1SCc1ccccc1)c1cc2ccccc2o1. The lowest BCUT2D eigenvalue weighted by atomic mass is 10.2. The number of benzene rings is 2. The van der Waals surface area contributed by atoms with Crippen LogP contribution in [0.1, 0.15) is 5.56 Å². The molecule has 8 heteroatoms. The Bertz CT molecular complexity index is 1260. The molecule has 4 aromatic rings. The molecule has 0 atom stereocenters. The van der Waals surface area contributed by atoms with Gasteiger partial charge in [0, 0.05) is 23.4 Å². The zero-order valence-corrected chi connectivity index (χ0v) is 16.2. The number of para-hydroxylation sites is 1. The molecule has 0 aliphatic heterocycles. The summed E-state index contributed by atoms with van der Waals surface area (Å²) in [6.45, 7) is 0. The molecule has 0 saturated heterocycles. The number of nitrogens with zero attached hydrogens (tertiary/aromatic N) is 2. The van der Waals surface area contributed by atoms with Gasteiger partial charge in [-0.3, -0.25) is 0 Å². The van der Waals surface area contributed by atoms with Gasteiger partial charge in [-0.15, -0.1) is 11.8 Å². The Balaban J connectivity index is 1.71. The van der Waals surface area contributed by atoms with E-state index in [0.717, 1.165) is 10.3 Å². The van der Waals surface area contributed by atoms with Crippen LogP contribution in [-0.4, -0.2) is 18.4 Å². The molecule has 0 saturated carbocycles. The van der Waals surface area contributed by atoms with Gasteiger partial charge in [-0.1, -0.05) is 48.5 Å². The first-order valence-electron chi connectivity index (χ1n) is 8.39. The minimum atomic E-state index is -4.04. The first kappa shape index (κ1) is 18.4. The number of furan rings is 1. The molecular formula is C20H16N2O4S2. The highest BCUT2D eigenvalue weighted by Gasteiger charge is 2.19. The van der Waals surface area contributed by atoms with E-state index in [1.54, 1.807) is 24.3 Å². The van der Waals surface area contributed by atoms with Crippen molar-refractivity contribution in [3.05, 3.63) is 90.0 Å². The Morgan fingerprint density at radius 2 is 1.79 bits per heavy atom. The number of aromatic nitrogens is 1. The molecule has 0 unspecified atom stereocenters. The van der Waals surface area contributed by atoms with E-state index < -0.39 is 10.0 Å². The van der Waals surface area contributed by atoms with E-state index in [-0.39, 0.29) is 10.4 Å². The van der Waals surface area contributed by atoms with E-state index in [1.165, 1.54) is 36.3 Å². The van der Waals surface area contributed by atoms with Crippen LogP contribution in [-0.2, 0) is 15.8 Å². The van der Waals surface area contributed by atoms with Crippen molar-refractivity contribution in [1.82, 2.24) is 4.73 Å². The quantitative estimate of drug-likeness (QED) is 0.395. The zero-order valence-electron chi connectivity index (χ0n) is 14.6. The number of thioether (sulfide) groups is 1.